The van der Waals surface area contributed by atoms with E-state index in [0.717, 1.165) is 19.3 Å². The van der Waals surface area contributed by atoms with Crippen molar-refractivity contribution in [1.29, 1.82) is 0 Å². The Morgan fingerprint density at radius 2 is 2.10 bits per heavy atom. The largest absolute Gasteiger partial charge is 0.376 e. The molecule has 0 aromatic carbocycles. The zero-order valence-electron chi connectivity index (χ0n) is 13.1. The summed E-state index contributed by atoms with van der Waals surface area (Å²) < 4.78 is 11.0. The quantitative estimate of drug-likeness (QED) is 0.867. The van der Waals surface area contributed by atoms with Crippen LogP contribution in [0.1, 0.15) is 64.7 Å². The van der Waals surface area contributed by atoms with Crippen LogP contribution in [0.3, 0.4) is 0 Å². The Kier molecular flexibility index (Phi) is 4.81. The lowest BCUT2D eigenvalue weighted by Gasteiger charge is -2.26. The molecule has 0 bridgehead atoms. The average Bonchev–Trinajstić information content (AvgIpc) is 2.74. The molecule has 0 amide bonds. The Bertz CT molecular complexity index is 421. The lowest BCUT2D eigenvalue weighted by Crippen LogP contribution is -2.27. The van der Waals surface area contributed by atoms with Crippen LogP contribution >= 0.6 is 0 Å². The molecule has 1 heterocycles. The van der Waals surface area contributed by atoms with Crippen molar-refractivity contribution >= 4 is 0 Å². The van der Waals surface area contributed by atoms with Crippen LogP contribution in [-0.4, -0.2) is 22.9 Å². The first-order valence-electron chi connectivity index (χ1n) is 7.56. The minimum Gasteiger partial charge on any atom is -0.376 e. The Morgan fingerprint density at radius 1 is 1.40 bits per heavy atom. The van der Waals surface area contributed by atoms with Crippen molar-refractivity contribution in [3.8, 4) is 0 Å². The minimum absolute atomic E-state index is 0.226. The molecule has 2 atom stereocenters. The molecule has 2 N–H and O–H groups in total. The number of hydrogen-bond donors (Lipinski definition) is 1. The predicted molar refractivity (Wildman–Crippen MR) is 77.1 cm³/mol. The fourth-order valence-corrected chi connectivity index (χ4v) is 1.92. The number of nitrogens with two attached hydrogens (primary N) is 1. The van der Waals surface area contributed by atoms with E-state index in [2.05, 4.69) is 37.8 Å². The van der Waals surface area contributed by atoms with E-state index in [1.807, 2.05) is 0 Å². The first-order valence-corrected chi connectivity index (χ1v) is 7.56. The summed E-state index contributed by atoms with van der Waals surface area (Å²) >= 11 is 0. The molecular weight excluding hydrogens is 254 g/mol. The highest BCUT2D eigenvalue weighted by molar-refractivity contribution is 4.94. The third-order valence-electron chi connectivity index (χ3n) is 4.34. The summed E-state index contributed by atoms with van der Waals surface area (Å²) in [7, 11) is 0. The molecule has 2 rings (SSSR count). The fourth-order valence-electron chi connectivity index (χ4n) is 1.92. The molecule has 0 aliphatic heterocycles. The van der Waals surface area contributed by atoms with Gasteiger partial charge in [0, 0.05) is 6.42 Å². The maximum atomic E-state index is 6.04. The first kappa shape index (κ1) is 15.4. The van der Waals surface area contributed by atoms with Crippen molar-refractivity contribution in [2.24, 2.45) is 17.1 Å². The summed E-state index contributed by atoms with van der Waals surface area (Å²) in [6.45, 7) is 9.31. The van der Waals surface area contributed by atoms with Crippen LogP contribution in [0.5, 0.6) is 0 Å². The smallest absolute Gasteiger partial charge is 0.226 e. The predicted octanol–water partition coefficient (Wildman–Crippen LogP) is 2.86. The zero-order chi connectivity index (χ0) is 14.8. The van der Waals surface area contributed by atoms with Gasteiger partial charge >= 0.3 is 0 Å². The molecule has 5 nitrogen and oxygen atoms in total. The number of rotatable bonds is 6. The molecule has 5 heteroatoms. The SMILES string of the molecule is CC(Cc1nc(C(N)COC2CCC2)no1)C(C)(C)C. The molecule has 114 valence electrons. The Hall–Kier alpha value is -0.940. The summed E-state index contributed by atoms with van der Waals surface area (Å²) in [5.41, 5.74) is 6.27. The van der Waals surface area contributed by atoms with Gasteiger partial charge in [-0.1, -0.05) is 32.9 Å². The van der Waals surface area contributed by atoms with Crippen molar-refractivity contribution in [1.82, 2.24) is 10.1 Å². The van der Waals surface area contributed by atoms with Crippen molar-refractivity contribution in [3.05, 3.63) is 11.7 Å². The highest BCUT2D eigenvalue weighted by atomic mass is 16.5. The van der Waals surface area contributed by atoms with Crippen LogP contribution < -0.4 is 5.73 Å². The summed E-state index contributed by atoms with van der Waals surface area (Å²) in [6.07, 6.45) is 4.72. The lowest BCUT2D eigenvalue weighted by molar-refractivity contribution is -0.00549. The summed E-state index contributed by atoms with van der Waals surface area (Å²) in [5, 5.41) is 3.98. The van der Waals surface area contributed by atoms with E-state index in [1.165, 1.54) is 6.42 Å². The molecule has 20 heavy (non-hydrogen) atoms. The van der Waals surface area contributed by atoms with Gasteiger partial charge in [0.15, 0.2) is 5.82 Å². The maximum Gasteiger partial charge on any atom is 0.226 e. The molecule has 0 spiro atoms. The van der Waals surface area contributed by atoms with Gasteiger partial charge < -0.3 is 15.0 Å². The molecule has 1 aliphatic rings. The first-order chi connectivity index (χ1) is 9.36. The van der Waals surface area contributed by atoms with Crippen molar-refractivity contribution in [2.45, 2.75) is 65.5 Å². The minimum atomic E-state index is -0.293. The van der Waals surface area contributed by atoms with Gasteiger partial charge in [0.1, 0.15) is 0 Å². The van der Waals surface area contributed by atoms with E-state index in [1.54, 1.807) is 0 Å². The van der Waals surface area contributed by atoms with E-state index in [0.29, 0.717) is 30.3 Å². The van der Waals surface area contributed by atoms with Gasteiger partial charge in [0.2, 0.25) is 5.89 Å². The molecular formula is C15H27N3O2. The van der Waals surface area contributed by atoms with Gasteiger partial charge in [0.05, 0.1) is 18.8 Å². The molecule has 0 radical (unpaired) electrons. The summed E-state index contributed by atoms with van der Waals surface area (Å²) in [5.74, 6) is 1.69. The van der Waals surface area contributed by atoms with Gasteiger partial charge in [-0.05, 0) is 30.6 Å². The van der Waals surface area contributed by atoms with E-state index in [4.69, 9.17) is 15.0 Å². The van der Waals surface area contributed by atoms with Crippen LogP contribution in [-0.2, 0) is 11.2 Å². The third-order valence-corrected chi connectivity index (χ3v) is 4.34. The maximum absolute atomic E-state index is 6.04. The molecule has 1 aliphatic carbocycles. The number of aromatic nitrogens is 2. The Balaban J connectivity index is 1.84. The van der Waals surface area contributed by atoms with Gasteiger partial charge in [-0.15, -0.1) is 0 Å². The van der Waals surface area contributed by atoms with Crippen molar-refractivity contribution in [2.75, 3.05) is 6.61 Å². The molecule has 1 saturated carbocycles. The van der Waals surface area contributed by atoms with Gasteiger partial charge in [-0.2, -0.15) is 4.98 Å². The molecule has 0 saturated heterocycles. The Labute approximate surface area is 121 Å². The van der Waals surface area contributed by atoms with Gasteiger partial charge in [-0.25, -0.2) is 0 Å². The second kappa shape index (κ2) is 6.22. The van der Waals surface area contributed by atoms with Crippen LogP contribution in [0.2, 0.25) is 0 Å². The summed E-state index contributed by atoms with van der Waals surface area (Å²) in [4.78, 5) is 4.40. The average molecular weight is 281 g/mol. The van der Waals surface area contributed by atoms with E-state index >= 15 is 0 Å². The second-order valence-corrected chi connectivity index (χ2v) is 7.01. The highest BCUT2D eigenvalue weighted by Gasteiger charge is 2.24. The van der Waals surface area contributed by atoms with Crippen LogP contribution in [0.25, 0.3) is 0 Å². The number of nitrogens with zero attached hydrogens (tertiary/aromatic N) is 2. The topological polar surface area (TPSA) is 74.2 Å². The third kappa shape index (κ3) is 4.03. The second-order valence-electron chi connectivity index (χ2n) is 7.01. The van der Waals surface area contributed by atoms with Crippen LogP contribution in [0.15, 0.2) is 4.52 Å². The number of hydrogen-bond acceptors (Lipinski definition) is 5. The van der Waals surface area contributed by atoms with Crippen LogP contribution in [0, 0.1) is 11.3 Å². The standard InChI is InChI=1S/C15H27N3O2/c1-10(15(2,3)4)8-13-17-14(18-20-13)12(16)9-19-11-6-5-7-11/h10-12H,5-9,16H2,1-4H3. The highest BCUT2D eigenvalue weighted by Crippen LogP contribution is 2.28. The molecule has 1 aromatic heterocycles. The Morgan fingerprint density at radius 3 is 2.65 bits per heavy atom. The van der Waals surface area contributed by atoms with Crippen molar-refractivity contribution in [3.63, 3.8) is 0 Å². The summed E-state index contributed by atoms with van der Waals surface area (Å²) in [6, 6.07) is -0.293. The van der Waals surface area contributed by atoms with Gasteiger partial charge in [-0.3, -0.25) is 0 Å². The fraction of sp³-hybridized carbons (Fsp3) is 0.867. The van der Waals surface area contributed by atoms with Crippen LogP contribution in [0.4, 0.5) is 0 Å². The molecule has 2 unspecified atom stereocenters. The van der Waals surface area contributed by atoms with E-state index in [-0.39, 0.29) is 11.5 Å². The van der Waals surface area contributed by atoms with E-state index < -0.39 is 0 Å². The normalized spacial score (nSPS) is 19.6. The lowest BCUT2D eigenvalue weighted by atomic mass is 9.80. The molecule has 1 fully saturated rings. The molecule has 1 aromatic rings. The zero-order valence-corrected chi connectivity index (χ0v) is 13.1. The monoisotopic (exact) mass is 281 g/mol. The van der Waals surface area contributed by atoms with Crippen molar-refractivity contribution < 1.29 is 9.26 Å². The van der Waals surface area contributed by atoms with E-state index in [9.17, 15) is 0 Å². The number of ether oxygens (including phenoxy) is 1. The van der Waals surface area contributed by atoms with Gasteiger partial charge in [0.25, 0.3) is 0 Å².